The summed E-state index contributed by atoms with van der Waals surface area (Å²) < 4.78 is 0. The molecule has 0 bridgehead atoms. The molecule has 1 saturated heterocycles. The molecule has 0 aliphatic carbocycles. The largest absolute Gasteiger partial charge is 0.480 e. The minimum absolute atomic E-state index is 0.519. The van der Waals surface area contributed by atoms with E-state index in [1.165, 1.54) is 0 Å². The molecule has 0 aromatic carbocycles. The topological polar surface area (TPSA) is 130 Å². The highest BCUT2D eigenvalue weighted by molar-refractivity contribution is 5.74. The molecule has 0 amide bonds. The van der Waals surface area contributed by atoms with E-state index in [2.05, 4.69) is 5.32 Å². The van der Waals surface area contributed by atoms with Crippen LogP contribution >= 0.6 is 0 Å². The third-order valence-electron chi connectivity index (χ3n) is 2.31. The quantitative estimate of drug-likeness (QED) is 0.277. The predicted molar refractivity (Wildman–Crippen MR) is 43.5 cm³/mol. The highest BCUT2D eigenvalue weighted by Gasteiger charge is 2.44. The normalized spacial score (nSPS) is 43.6. The van der Waals surface area contributed by atoms with E-state index in [-0.39, 0.29) is 0 Å². The number of aliphatic hydroxyl groups excluding tert-OH is 4. The first-order valence-electron chi connectivity index (χ1n) is 4.13. The van der Waals surface area contributed by atoms with Crippen molar-refractivity contribution in [3.63, 3.8) is 0 Å². The summed E-state index contributed by atoms with van der Waals surface area (Å²) in [6, 6.07) is -2.33. The van der Waals surface area contributed by atoms with E-state index in [1.54, 1.807) is 0 Å². The first-order chi connectivity index (χ1) is 6.49. The fraction of sp³-hybridized carbons (Fsp3) is 0.857. The van der Waals surface area contributed by atoms with Crippen LogP contribution in [0.3, 0.4) is 0 Å². The van der Waals surface area contributed by atoms with Gasteiger partial charge in [0.15, 0.2) is 0 Å². The van der Waals surface area contributed by atoms with Gasteiger partial charge in [-0.3, -0.25) is 10.1 Å². The van der Waals surface area contributed by atoms with Crippen LogP contribution in [0.2, 0.25) is 0 Å². The molecule has 1 heterocycles. The summed E-state index contributed by atoms with van der Waals surface area (Å²) in [5.74, 6) is -1.35. The Kier molecular flexibility index (Phi) is 3.40. The minimum Gasteiger partial charge on any atom is -0.480 e. The van der Waals surface area contributed by atoms with Crippen LogP contribution in [0.25, 0.3) is 0 Å². The van der Waals surface area contributed by atoms with E-state index in [9.17, 15) is 20.1 Å². The van der Waals surface area contributed by atoms with Crippen molar-refractivity contribution in [1.29, 1.82) is 0 Å². The van der Waals surface area contributed by atoms with Crippen LogP contribution in [0, 0.1) is 0 Å². The number of aliphatic carboxylic acids is 1. The molecule has 0 unspecified atom stereocenters. The molecule has 0 aromatic rings. The van der Waals surface area contributed by atoms with E-state index in [0.29, 0.717) is 0 Å². The summed E-state index contributed by atoms with van der Waals surface area (Å²) in [6.45, 7) is -0.519. The molecular formula is C7H13NO6. The van der Waals surface area contributed by atoms with Gasteiger partial charge in [-0.25, -0.2) is 0 Å². The van der Waals surface area contributed by atoms with E-state index >= 15 is 0 Å². The number of aliphatic hydroxyl groups is 4. The molecule has 82 valence electrons. The van der Waals surface area contributed by atoms with Crippen LogP contribution in [0.15, 0.2) is 0 Å². The number of piperidine rings is 1. The maximum Gasteiger partial charge on any atom is 0.323 e. The fourth-order valence-electron chi connectivity index (χ4n) is 1.44. The summed E-state index contributed by atoms with van der Waals surface area (Å²) in [4.78, 5) is 10.6. The number of hydrogen-bond donors (Lipinski definition) is 6. The van der Waals surface area contributed by atoms with Gasteiger partial charge in [0.2, 0.25) is 0 Å². The maximum absolute atomic E-state index is 10.6. The summed E-state index contributed by atoms with van der Waals surface area (Å²) in [5, 5.41) is 47.5. The lowest BCUT2D eigenvalue weighted by Gasteiger charge is -2.38. The predicted octanol–water partition coefficient (Wildman–Crippen LogP) is -3.51. The molecule has 0 radical (unpaired) electrons. The first-order valence-corrected chi connectivity index (χ1v) is 4.13. The van der Waals surface area contributed by atoms with Crippen molar-refractivity contribution in [1.82, 2.24) is 5.32 Å². The van der Waals surface area contributed by atoms with Gasteiger partial charge in [0.05, 0.1) is 12.6 Å². The van der Waals surface area contributed by atoms with E-state index in [4.69, 9.17) is 10.2 Å². The molecule has 7 heteroatoms. The van der Waals surface area contributed by atoms with Crippen molar-refractivity contribution in [2.75, 3.05) is 6.61 Å². The molecule has 0 saturated carbocycles. The van der Waals surface area contributed by atoms with Gasteiger partial charge >= 0.3 is 5.97 Å². The van der Waals surface area contributed by atoms with Crippen molar-refractivity contribution in [2.24, 2.45) is 0 Å². The standard InChI is InChI=1S/C7H13NO6/c9-1-2-4(10)6(12)5(11)3(8-2)7(13)14/h2-6,8-12H,1H2,(H,13,14)/t2-,3+,4-,5-,6+/m1/s1. The Hall–Kier alpha value is -0.730. The second kappa shape index (κ2) is 4.20. The summed E-state index contributed by atoms with van der Waals surface area (Å²) in [7, 11) is 0. The first kappa shape index (κ1) is 11.3. The maximum atomic E-state index is 10.6. The Morgan fingerprint density at radius 1 is 1.14 bits per heavy atom. The second-order valence-corrected chi connectivity index (χ2v) is 3.24. The fourth-order valence-corrected chi connectivity index (χ4v) is 1.44. The lowest BCUT2D eigenvalue weighted by Crippen LogP contribution is -2.67. The number of nitrogens with one attached hydrogen (secondary N) is 1. The van der Waals surface area contributed by atoms with Gasteiger partial charge < -0.3 is 25.5 Å². The third kappa shape index (κ3) is 1.86. The molecule has 14 heavy (non-hydrogen) atoms. The molecule has 1 rings (SSSR count). The SMILES string of the molecule is O=C(O)[C@H]1N[C@H](CO)[C@@H](O)[C@H](O)[C@@H]1O. The van der Waals surface area contributed by atoms with E-state index in [1.807, 2.05) is 0 Å². The van der Waals surface area contributed by atoms with Crippen LogP contribution in [0.4, 0.5) is 0 Å². The van der Waals surface area contributed by atoms with Gasteiger partial charge in [-0.05, 0) is 0 Å². The zero-order chi connectivity index (χ0) is 10.9. The monoisotopic (exact) mass is 207 g/mol. The van der Waals surface area contributed by atoms with Crippen molar-refractivity contribution in [2.45, 2.75) is 30.4 Å². The smallest absolute Gasteiger partial charge is 0.323 e. The molecule has 1 fully saturated rings. The van der Waals surface area contributed by atoms with Gasteiger partial charge in [-0.2, -0.15) is 0 Å². The Morgan fingerprint density at radius 2 is 1.71 bits per heavy atom. The van der Waals surface area contributed by atoms with Gasteiger partial charge in [0.1, 0.15) is 24.4 Å². The number of rotatable bonds is 2. The van der Waals surface area contributed by atoms with Crippen molar-refractivity contribution in [3.8, 4) is 0 Å². The van der Waals surface area contributed by atoms with E-state index in [0.717, 1.165) is 0 Å². The molecule has 5 atom stereocenters. The van der Waals surface area contributed by atoms with E-state index < -0.39 is 43.0 Å². The molecule has 1 aliphatic heterocycles. The lowest BCUT2D eigenvalue weighted by atomic mass is 9.90. The van der Waals surface area contributed by atoms with Crippen molar-refractivity contribution >= 4 is 5.97 Å². The van der Waals surface area contributed by atoms with Crippen LogP contribution in [0.5, 0.6) is 0 Å². The lowest BCUT2D eigenvalue weighted by molar-refractivity contribution is -0.158. The Bertz CT molecular complexity index is 220. The minimum atomic E-state index is -1.59. The number of carboxylic acids is 1. The average Bonchev–Trinajstić information content (AvgIpc) is 2.14. The highest BCUT2D eigenvalue weighted by atomic mass is 16.4. The molecule has 0 spiro atoms. The van der Waals surface area contributed by atoms with Crippen LogP contribution in [-0.4, -0.2) is 68.5 Å². The number of hydrogen-bond acceptors (Lipinski definition) is 6. The zero-order valence-corrected chi connectivity index (χ0v) is 7.24. The molecule has 1 aliphatic rings. The van der Waals surface area contributed by atoms with Crippen LogP contribution in [0.1, 0.15) is 0 Å². The number of carbonyl (C=O) groups is 1. The highest BCUT2D eigenvalue weighted by Crippen LogP contribution is 2.15. The van der Waals surface area contributed by atoms with Gasteiger partial charge in [0.25, 0.3) is 0 Å². The Labute approximate surface area is 79.6 Å². The number of carboxylic acid groups (broad SMARTS) is 1. The zero-order valence-electron chi connectivity index (χ0n) is 7.24. The average molecular weight is 207 g/mol. The summed E-state index contributed by atoms with van der Waals surface area (Å²) in [6.07, 6.45) is -4.55. The van der Waals surface area contributed by atoms with Gasteiger partial charge in [0, 0.05) is 0 Å². The third-order valence-corrected chi connectivity index (χ3v) is 2.31. The Morgan fingerprint density at radius 3 is 2.14 bits per heavy atom. The summed E-state index contributed by atoms with van der Waals surface area (Å²) in [5.41, 5.74) is 0. The summed E-state index contributed by atoms with van der Waals surface area (Å²) >= 11 is 0. The van der Waals surface area contributed by atoms with Crippen molar-refractivity contribution in [3.05, 3.63) is 0 Å². The van der Waals surface area contributed by atoms with Crippen LogP contribution in [-0.2, 0) is 4.79 Å². The van der Waals surface area contributed by atoms with Crippen molar-refractivity contribution < 1.29 is 30.3 Å². The van der Waals surface area contributed by atoms with Gasteiger partial charge in [-0.15, -0.1) is 0 Å². The molecule has 0 aromatic heterocycles. The van der Waals surface area contributed by atoms with Gasteiger partial charge in [-0.1, -0.05) is 0 Å². The molecule has 7 nitrogen and oxygen atoms in total. The van der Waals surface area contributed by atoms with Crippen LogP contribution < -0.4 is 5.32 Å². The second-order valence-electron chi connectivity index (χ2n) is 3.24. The Balaban J connectivity index is 2.78. The molecular weight excluding hydrogens is 194 g/mol. The molecule has 6 N–H and O–H groups in total.